The van der Waals surface area contributed by atoms with E-state index < -0.39 is 15.3 Å². The fourth-order valence-corrected chi connectivity index (χ4v) is 3.26. The van der Waals surface area contributed by atoms with Gasteiger partial charge in [-0.25, -0.2) is 8.42 Å². The lowest BCUT2D eigenvalue weighted by molar-refractivity contribution is 0.382. The average molecular weight is 226 g/mol. The molecule has 0 N–H and O–H groups in total. The van der Waals surface area contributed by atoms with Crippen LogP contribution in [0.5, 0.6) is 0 Å². The van der Waals surface area contributed by atoms with E-state index >= 15 is 0 Å². The van der Waals surface area contributed by atoms with E-state index in [1.807, 2.05) is 6.92 Å². The lowest BCUT2D eigenvalue weighted by Crippen LogP contribution is -2.11. The SMILES string of the molecule is CCCC1OC1S(=O)(=O)c1ccccc1. The molecule has 2 rings (SSSR count). The van der Waals surface area contributed by atoms with Crippen molar-refractivity contribution < 1.29 is 13.2 Å². The minimum absolute atomic E-state index is 0.0970. The molecule has 0 bridgehead atoms. The van der Waals surface area contributed by atoms with Crippen molar-refractivity contribution in [3.8, 4) is 0 Å². The normalized spacial score (nSPS) is 25.1. The topological polar surface area (TPSA) is 46.7 Å². The first kappa shape index (κ1) is 10.6. The highest BCUT2D eigenvalue weighted by atomic mass is 32.2. The van der Waals surface area contributed by atoms with Gasteiger partial charge >= 0.3 is 0 Å². The van der Waals surface area contributed by atoms with Gasteiger partial charge in [0.25, 0.3) is 0 Å². The summed E-state index contributed by atoms with van der Waals surface area (Å²) in [6.45, 7) is 2.02. The number of epoxide rings is 1. The molecule has 2 atom stereocenters. The van der Waals surface area contributed by atoms with Crippen molar-refractivity contribution in [1.82, 2.24) is 0 Å². The summed E-state index contributed by atoms with van der Waals surface area (Å²) in [5, 5.41) is 0. The van der Waals surface area contributed by atoms with Crippen LogP contribution in [0.25, 0.3) is 0 Å². The van der Waals surface area contributed by atoms with E-state index in [9.17, 15) is 8.42 Å². The van der Waals surface area contributed by atoms with Crippen LogP contribution in [0.3, 0.4) is 0 Å². The van der Waals surface area contributed by atoms with Gasteiger partial charge in [0.1, 0.15) is 6.10 Å². The maximum absolute atomic E-state index is 12.0. The summed E-state index contributed by atoms with van der Waals surface area (Å²) in [5.74, 6) is 0. The summed E-state index contributed by atoms with van der Waals surface area (Å²) in [6, 6.07) is 8.48. The summed E-state index contributed by atoms with van der Waals surface area (Å²) < 4.78 is 29.1. The number of benzene rings is 1. The molecule has 1 aromatic rings. The highest BCUT2D eigenvalue weighted by molar-refractivity contribution is 7.92. The monoisotopic (exact) mass is 226 g/mol. The molecule has 1 aliphatic heterocycles. The van der Waals surface area contributed by atoms with Crippen molar-refractivity contribution in [2.75, 3.05) is 0 Å². The van der Waals surface area contributed by atoms with Gasteiger partial charge in [-0.2, -0.15) is 0 Å². The molecule has 1 heterocycles. The lowest BCUT2D eigenvalue weighted by atomic mass is 10.3. The lowest BCUT2D eigenvalue weighted by Gasteiger charge is -1.99. The van der Waals surface area contributed by atoms with E-state index in [1.54, 1.807) is 30.3 Å². The van der Waals surface area contributed by atoms with Crippen molar-refractivity contribution in [3.05, 3.63) is 30.3 Å². The molecule has 0 spiro atoms. The smallest absolute Gasteiger partial charge is 0.207 e. The van der Waals surface area contributed by atoms with Crippen LogP contribution in [0.4, 0.5) is 0 Å². The van der Waals surface area contributed by atoms with Gasteiger partial charge < -0.3 is 4.74 Å². The first-order valence-corrected chi connectivity index (χ1v) is 6.65. The molecular weight excluding hydrogens is 212 g/mol. The Morgan fingerprint density at radius 1 is 1.27 bits per heavy atom. The molecule has 0 amide bonds. The molecule has 1 fully saturated rings. The largest absolute Gasteiger partial charge is 0.352 e. The van der Waals surface area contributed by atoms with Crippen LogP contribution in [0.1, 0.15) is 19.8 Å². The predicted molar refractivity (Wildman–Crippen MR) is 57.2 cm³/mol. The Hall–Kier alpha value is -0.870. The molecule has 0 radical (unpaired) electrons. The molecule has 3 nitrogen and oxygen atoms in total. The quantitative estimate of drug-likeness (QED) is 0.737. The molecule has 1 aliphatic rings. The Kier molecular flexibility index (Phi) is 2.80. The third-order valence-corrected chi connectivity index (χ3v) is 4.44. The number of hydrogen-bond donors (Lipinski definition) is 0. The minimum atomic E-state index is -3.26. The van der Waals surface area contributed by atoms with E-state index in [4.69, 9.17) is 4.74 Å². The fraction of sp³-hybridized carbons (Fsp3) is 0.455. The molecule has 4 heteroatoms. The van der Waals surface area contributed by atoms with Crippen LogP contribution < -0.4 is 0 Å². The summed E-state index contributed by atoms with van der Waals surface area (Å²) >= 11 is 0. The molecule has 2 unspecified atom stereocenters. The van der Waals surface area contributed by atoms with E-state index in [1.165, 1.54) is 0 Å². The van der Waals surface area contributed by atoms with Crippen molar-refractivity contribution in [2.45, 2.75) is 36.2 Å². The number of rotatable bonds is 4. The average Bonchev–Trinajstić information content (AvgIpc) is 3.00. The van der Waals surface area contributed by atoms with E-state index in [0.717, 1.165) is 12.8 Å². The number of sulfone groups is 1. The van der Waals surface area contributed by atoms with Gasteiger partial charge in [0.2, 0.25) is 9.84 Å². The molecule has 15 heavy (non-hydrogen) atoms. The van der Waals surface area contributed by atoms with Crippen LogP contribution in [0, 0.1) is 0 Å². The highest BCUT2D eigenvalue weighted by Crippen LogP contribution is 2.35. The van der Waals surface area contributed by atoms with Gasteiger partial charge in [-0.3, -0.25) is 0 Å². The Balaban J connectivity index is 2.16. The second-order valence-electron chi connectivity index (χ2n) is 3.69. The molecule has 0 aromatic heterocycles. The zero-order valence-corrected chi connectivity index (χ0v) is 9.41. The summed E-state index contributed by atoms with van der Waals surface area (Å²) in [5.41, 5.74) is -0.611. The van der Waals surface area contributed by atoms with Crippen LogP contribution in [-0.4, -0.2) is 20.0 Å². The number of hydrogen-bond acceptors (Lipinski definition) is 3. The third-order valence-electron chi connectivity index (χ3n) is 2.49. The Labute approximate surface area is 90.0 Å². The zero-order chi connectivity index (χ0) is 10.9. The minimum Gasteiger partial charge on any atom is -0.352 e. The van der Waals surface area contributed by atoms with E-state index in [-0.39, 0.29) is 6.10 Å². The summed E-state index contributed by atoms with van der Waals surface area (Å²) in [7, 11) is -3.26. The van der Waals surface area contributed by atoms with Gasteiger partial charge in [0.05, 0.1) is 4.90 Å². The number of ether oxygens (including phenoxy) is 1. The van der Waals surface area contributed by atoms with Crippen LogP contribution in [0.15, 0.2) is 35.2 Å². The molecular formula is C11H14O3S. The maximum Gasteiger partial charge on any atom is 0.207 e. The highest BCUT2D eigenvalue weighted by Gasteiger charge is 2.48. The van der Waals surface area contributed by atoms with Crippen molar-refractivity contribution in [2.24, 2.45) is 0 Å². The van der Waals surface area contributed by atoms with Crippen molar-refractivity contribution >= 4 is 9.84 Å². The Morgan fingerprint density at radius 2 is 1.93 bits per heavy atom. The van der Waals surface area contributed by atoms with Gasteiger partial charge in [0, 0.05) is 0 Å². The second kappa shape index (κ2) is 3.94. The van der Waals surface area contributed by atoms with Crippen molar-refractivity contribution in [1.29, 1.82) is 0 Å². The molecule has 0 saturated carbocycles. The zero-order valence-electron chi connectivity index (χ0n) is 8.59. The van der Waals surface area contributed by atoms with Crippen LogP contribution in [-0.2, 0) is 14.6 Å². The first-order chi connectivity index (χ1) is 7.16. The first-order valence-electron chi connectivity index (χ1n) is 5.10. The summed E-state index contributed by atoms with van der Waals surface area (Å²) in [6.07, 6.45) is 1.67. The Morgan fingerprint density at radius 3 is 2.53 bits per heavy atom. The van der Waals surface area contributed by atoms with Gasteiger partial charge in [-0.1, -0.05) is 31.5 Å². The fourth-order valence-electron chi connectivity index (χ4n) is 1.63. The summed E-state index contributed by atoms with van der Waals surface area (Å²) in [4.78, 5) is 0.355. The van der Waals surface area contributed by atoms with Gasteiger partial charge in [0.15, 0.2) is 5.44 Å². The predicted octanol–water partition coefficient (Wildman–Crippen LogP) is 1.99. The standard InChI is InChI=1S/C11H14O3S/c1-2-6-10-11(14-10)15(12,13)9-7-4-3-5-8-9/h3-5,7-8,10-11H,2,6H2,1H3. The molecule has 1 aromatic carbocycles. The van der Waals surface area contributed by atoms with Gasteiger partial charge in [-0.15, -0.1) is 0 Å². The molecule has 82 valence electrons. The van der Waals surface area contributed by atoms with Crippen molar-refractivity contribution in [3.63, 3.8) is 0 Å². The molecule has 0 aliphatic carbocycles. The third kappa shape index (κ3) is 2.06. The molecule has 1 saturated heterocycles. The van der Waals surface area contributed by atoms with Crippen LogP contribution in [0.2, 0.25) is 0 Å². The van der Waals surface area contributed by atoms with Crippen LogP contribution >= 0.6 is 0 Å². The van der Waals surface area contributed by atoms with E-state index in [2.05, 4.69) is 0 Å². The van der Waals surface area contributed by atoms with E-state index in [0.29, 0.717) is 4.90 Å². The maximum atomic E-state index is 12.0. The second-order valence-corrected chi connectivity index (χ2v) is 5.72. The van der Waals surface area contributed by atoms with Gasteiger partial charge in [-0.05, 0) is 18.6 Å². The Bertz CT molecular complexity index is 424.